The highest BCUT2D eigenvalue weighted by Crippen LogP contribution is 2.25. The number of hydrogen-bond acceptors (Lipinski definition) is 4. The molecular weight excluding hydrogens is 348 g/mol. The van der Waals surface area contributed by atoms with Gasteiger partial charge in [-0.15, -0.1) is 0 Å². The fourth-order valence-corrected chi connectivity index (χ4v) is 2.29. The van der Waals surface area contributed by atoms with Crippen molar-refractivity contribution < 1.29 is 19.0 Å². The Labute approximate surface area is 138 Å². The van der Waals surface area contributed by atoms with Gasteiger partial charge in [-0.3, -0.25) is 4.79 Å². The summed E-state index contributed by atoms with van der Waals surface area (Å²) in [6, 6.07) is 12.7. The molecule has 4 nitrogen and oxygen atoms in total. The van der Waals surface area contributed by atoms with Crippen LogP contribution in [-0.4, -0.2) is 26.1 Å². The van der Waals surface area contributed by atoms with E-state index in [1.165, 1.54) is 6.92 Å². The quantitative estimate of drug-likeness (QED) is 0.547. The van der Waals surface area contributed by atoms with Crippen molar-refractivity contribution >= 4 is 21.7 Å². The molecule has 0 aliphatic carbocycles. The first-order valence-corrected chi connectivity index (χ1v) is 7.59. The topological polar surface area (TPSA) is 44.8 Å². The number of carbonyl (C=O) groups excluding carboxylic acids is 1. The van der Waals surface area contributed by atoms with Crippen molar-refractivity contribution in [1.29, 1.82) is 0 Å². The lowest BCUT2D eigenvalue weighted by molar-refractivity contribution is 0.101. The average Bonchev–Trinajstić information content (AvgIpc) is 2.51. The molecule has 0 amide bonds. The molecule has 2 aromatic rings. The molecule has 0 radical (unpaired) electrons. The Morgan fingerprint density at radius 3 is 2.50 bits per heavy atom. The summed E-state index contributed by atoms with van der Waals surface area (Å²) >= 11 is 3.39. The van der Waals surface area contributed by atoms with Gasteiger partial charge in [0.1, 0.15) is 30.5 Å². The summed E-state index contributed by atoms with van der Waals surface area (Å²) in [5.74, 6) is 1.86. The van der Waals surface area contributed by atoms with Gasteiger partial charge in [0.15, 0.2) is 5.78 Å². The molecule has 0 heterocycles. The first-order valence-electron chi connectivity index (χ1n) is 6.80. The summed E-state index contributed by atoms with van der Waals surface area (Å²) in [5, 5.41) is 0. The summed E-state index contributed by atoms with van der Waals surface area (Å²) in [4.78, 5) is 11.6. The van der Waals surface area contributed by atoms with Gasteiger partial charge >= 0.3 is 0 Å². The molecule has 5 heteroatoms. The second-order valence-electron chi connectivity index (χ2n) is 4.57. The third-order valence-electron chi connectivity index (χ3n) is 2.97. The number of ketones is 1. The molecule has 2 rings (SSSR count). The molecule has 0 aliphatic heterocycles. The molecule has 0 aliphatic rings. The van der Waals surface area contributed by atoms with Gasteiger partial charge in [-0.2, -0.15) is 0 Å². The molecule has 0 fully saturated rings. The van der Waals surface area contributed by atoms with Gasteiger partial charge in [0.05, 0.1) is 12.7 Å². The van der Waals surface area contributed by atoms with Crippen LogP contribution in [0.4, 0.5) is 0 Å². The van der Waals surface area contributed by atoms with E-state index in [2.05, 4.69) is 15.9 Å². The molecule has 22 heavy (non-hydrogen) atoms. The van der Waals surface area contributed by atoms with E-state index in [9.17, 15) is 4.79 Å². The van der Waals surface area contributed by atoms with E-state index in [4.69, 9.17) is 14.2 Å². The molecule has 2 aromatic carbocycles. The van der Waals surface area contributed by atoms with Crippen LogP contribution < -0.4 is 14.2 Å². The van der Waals surface area contributed by atoms with Crippen molar-refractivity contribution in [3.63, 3.8) is 0 Å². The zero-order valence-corrected chi connectivity index (χ0v) is 14.1. The van der Waals surface area contributed by atoms with Crippen molar-refractivity contribution in [3.8, 4) is 17.2 Å². The maximum atomic E-state index is 11.6. The lowest BCUT2D eigenvalue weighted by atomic mass is 10.1. The molecule has 0 saturated heterocycles. The van der Waals surface area contributed by atoms with Gasteiger partial charge in [0.2, 0.25) is 0 Å². The second-order valence-corrected chi connectivity index (χ2v) is 5.49. The Hall–Kier alpha value is -2.01. The molecular formula is C17H17BrO4. The first-order chi connectivity index (χ1) is 10.6. The number of hydrogen-bond donors (Lipinski definition) is 0. The molecule has 0 saturated carbocycles. The van der Waals surface area contributed by atoms with E-state index in [1.807, 2.05) is 24.3 Å². The number of halogens is 1. The predicted octanol–water partition coefficient (Wildman–Crippen LogP) is 4.12. The Morgan fingerprint density at radius 1 is 1.05 bits per heavy atom. The van der Waals surface area contributed by atoms with Gasteiger partial charge in [0, 0.05) is 10.5 Å². The van der Waals surface area contributed by atoms with Gasteiger partial charge in [-0.25, -0.2) is 0 Å². The molecule has 116 valence electrons. The highest BCUT2D eigenvalue weighted by atomic mass is 79.9. The van der Waals surface area contributed by atoms with Crippen LogP contribution in [0.3, 0.4) is 0 Å². The van der Waals surface area contributed by atoms with Crippen LogP contribution in [0.2, 0.25) is 0 Å². The number of carbonyl (C=O) groups is 1. The summed E-state index contributed by atoms with van der Waals surface area (Å²) in [6.07, 6.45) is 0. The molecule has 0 spiro atoms. The molecule has 0 N–H and O–H groups in total. The highest BCUT2D eigenvalue weighted by Gasteiger charge is 2.10. The van der Waals surface area contributed by atoms with Crippen LogP contribution in [-0.2, 0) is 0 Å². The predicted molar refractivity (Wildman–Crippen MR) is 88.1 cm³/mol. The zero-order chi connectivity index (χ0) is 15.9. The van der Waals surface area contributed by atoms with Gasteiger partial charge < -0.3 is 14.2 Å². The van der Waals surface area contributed by atoms with Crippen LogP contribution in [0.5, 0.6) is 17.2 Å². The lowest BCUT2D eigenvalue weighted by Gasteiger charge is -2.12. The fraction of sp³-hybridized carbons (Fsp3) is 0.235. The van der Waals surface area contributed by atoms with E-state index < -0.39 is 0 Å². The maximum Gasteiger partial charge on any atom is 0.163 e. The zero-order valence-electron chi connectivity index (χ0n) is 12.5. The first kappa shape index (κ1) is 16.4. The Bertz CT molecular complexity index is 655. The van der Waals surface area contributed by atoms with Crippen LogP contribution in [0.25, 0.3) is 0 Å². The van der Waals surface area contributed by atoms with E-state index in [0.29, 0.717) is 30.3 Å². The van der Waals surface area contributed by atoms with E-state index in [1.54, 1.807) is 25.3 Å². The molecule has 0 atom stereocenters. The minimum Gasteiger partial charge on any atom is -0.497 e. The van der Waals surface area contributed by atoms with Crippen molar-refractivity contribution in [2.75, 3.05) is 20.3 Å². The highest BCUT2D eigenvalue weighted by molar-refractivity contribution is 9.10. The third-order valence-corrected chi connectivity index (χ3v) is 3.47. The van der Waals surface area contributed by atoms with Crippen LogP contribution >= 0.6 is 15.9 Å². The van der Waals surface area contributed by atoms with Gasteiger partial charge in [-0.05, 0) is 37.3 Å². The SMILES string of the molecule is COc1ccc(C(C)=O)c(OCCOc2cccc(Br)c2)c1. The Morgan fingerprint density at radius 2 is 1.82 bits per heavy atom. The van der Waals surface area contributed by atoms with Gasteiger partial charge in [-0.1, -0.05) is 22.0 Å². The summed E-state index contributed by atoms with van der Waals surface area (Å²) in [6.45, 7) is 2.22. The third kappa shape index (κ3) is 4.49. The minimum atomic E-state index is -0.0504. The lowest BCUT2D eigenvalue weighted by Crippen LogP contribution is -2.11. The molecule has 0 unspecified atom stereocenters. The Balaban J connectivity index is 1.94. The van der Waals surface area contributed by atoms with Crippen LogP contribution in [0.1, 0.15) is 17.3 Å². The van der Waals surface area contributed by atoms with Crippen LogP contribution in [0.15, 0.2) is 46.9 Å². The van der Waals surface area contributed by atoms with E-state index in [0.717, 1.165) is 10.2 Å². The number of ether oxygens (including phenoxy) is 3. The van der Waals surface area contributed by atoms with Crippen molar-refractivity contribution in [2.24, 2.45) is 0 Å². The minimum absolute atomic E-state index is 0.0504. The van der Waals surface area contributed by atoms with Gasteiger partial charge in [0.25, 0.3) is 0 Å². The summed E-state index contributed by atoms with van der Waals surface area (Å²) in [7, 11) is 1.57. The summed E-state index contributed by atoms with van der Waals surface area (Å²) in [5.41, 5.74) is 0.531. The van der Waals surface area contributed by atoms with E-state index in [-0.39, 0.29) is 5.78 Å². The standard InChI is InChI=1S/C17H17BrO4/c1-12(19)16-7-6-14(20-2)11-17(16)22-9-8-21-15-5-3-4-13(18)10-15/h3-7,10-11H,8-9H2,1-2H3. The number of benzene rings is 2. The van der Waals surface area contributed by atoms with E-state index >= 15 is 0 Å². The number of methoxy groups -OCH3 is 1. The monoisotopic (exact) mass is 364 g/mol. The van der Waals surface area contributed by atoms with Crippen molar-refractivity contribution in [2.45, 2.75) is 6.92 Å². The fourth-order valence-electron chi connectivity index (χ4n) is 1.91. The average molecular weight is 365 g/mol. The number of rotatable bonds is 7. The van der Waals surface area contributed by atoms with Crippen molar-refractivity contribution in [1.82, 2.24) is 0 Å². The largest absolute Gasteiger partial charge is 0.497 e. The number of Topliss-reactive ketones (excluding diaryl/α,β-unsaturated/α-hetero) is 1. The Kier molecular flexibility index (Phi) is 5.83. The summed E-state index contributed by atoms with van der Waals surface area (Å²) < 4.78 is 17.4. The normalized spacial score (nSPS) is 10.1. The van der Waals surface area contributed by atoms with Crippen LogP contribution in [0, 0.1) is 0 Å². The molecule has 0 aromatic heterocycles. The molecule has 0 bridgehead atoms. The van der Waals surface area contributed by atoms with Crippen molar-refractivity contribution in [3.05, 3.63) is 52.5 Å². The second kappa shape index (κ2) is 7.84. The smallest absolute Gasteiger partial charge is 0.163 e. The maximum absolute atomic E-state index is 11.6.